The third-order valence-corrected chi connectivity index (χ3v) is 4.54. The summed E-state index contributed by atoms with van der Waals surface area (Å²) in [6.45, 7) is 0. The lowest BCUT2D eigenvalue weighted by Gasteiger charge is -2.10. The molecule has 2 rings (SSSR count). The van der Waals surface area contributed by atoms with Gasteiger partial charge in [0.2, 0.25) is 0 Å². The molecule has 5 nitrogen and oxygen atoms in total. The van der Waals surface area contributed by atoms with Crippen LogP contribution in [0.1, 0.15) is 0 Å². The minimum Gasteiger partial charge on any atom is -0.495 e. The molecule has 0 atom stereocenters. The van der Waals surface area contributed by atoms with Gasteiger partial charge < -0.3 is 4.74 Å². The number of sulfonamides is 1. The van der Waals surface area contributed by atoms with Crippen LogP contribution in [0, 0.1) is 0 Å². The molecule has 1 heterocycles. The summed E-state index contributed by atoms with van der Waals surface area (Å²) >= 11 is 11.7. The number of halogens is 2. The van der Waals surface area contributed by atoms with Crippen molar-refractivity contribution in [1.29, 1.82) is 0 Å². The van der Waals surface area contributed by atoms with Gasteiger partial charge >= 0.3 is 0 Å². The van der Waals surface area contributed by atoms with Crippen molar-refractivity contribution in [3.63, 3.8) is 0 Å². The van der Waals surface area contributed by atoms with Crippen LogP contribution < -0.4 is 9.46 Å². The predicted octanol–water partition coefficient (Wildman–Crippen LogP) is 3.20. The van der Waals surface area contributed by atoms with Gasteiger partial charge in [0, 0.05) is 6.20 Å². The molecule has 8 heteroatoms. The Morgan fingerprint density at radius 3 is 2.60 bits per heavy atom. The summed E-state index contributed by atoms with van der Waals surface area (Å²) in [7, 11) is -2.35. The summed E-state index contributed by atoms with van der Waals surface area (Å²) in [6.07, 6.45) is 1.41. The molecule has 0 aliphatic carbocycles. The van der Waals surface area contributed by atoms with E-state index >= 15 is 0 Å². The molecule has 2 aromatic rings. The van der Waals surface area contributed by atoms with E-state index in [1.165, 1.54) is 37.6 Å². The molecule has 0 fully saturated rings. The third kappa shape index (κ3) is 3.15. The quantitative estimate of drug-likeness (QED) is 0.873. The fourth-order valence-corrected chi connectivity index (χ4v) is 3.27. The maximum absolute atomic E-state index is 12.2. The van der Waals surface area contributed by atoms with Gasteiger partial charge in [-0.2, -0.15) is 0 Å². The molecular weight excluding hydrogens is 323 g/mol. The lowest BCUT2D eigenvalue weighted by atomic mass is 10.3. The van der Waals surface area contributed by atoms with E-state index < -0.39 is 10.0 Å². The van der Waals surface area contributed by atoms with E-state index in [1.54, 1.807) is 6.07 Å². The van der Waals surface area contributed by atoms with E-state index in [-0.39, 0.29) is 10.0 Å². The first-order chi connectivity index (χ1) is 9.44. The zero-order valence-electron chi connectivity index (χ0n) is 10.3. The molecule has 0 saturated carbocycles. The standard InChI is InChI=1S/C12H10Cl2N2O3S/c1-19-10-5-4-8(7-9(10)13)16-20(17,18)11-3-2-6-15-12(11)14/h2-7,16H,1H3. The van der Waals surface area contributed by atoms with Crippen molar-refractivity contribution in [2.45, 2.75) is 4.90 Å². The average molecular weight is 333 g/mol. The van der Waals surface area contributed by atoms with Crippen LogP contribution in [-0.4, -0.2) is 20.5 Å². The van der Waals surface area contributed by atoms with Gasteiger partial charge in [0.1, 0.15) is 15.8 Å². The number of hydrogen-bond acceptors (Lipinski definition) is 4. The molecule has 0 aliphatic rings. The molecule has 1 N–H and O–H groups in total. The normalized spacial score (nSPS) is 11.2. The second-order valence-corrected chi connectivity index (χ2v) is 6.16. The van der Waals surface area contributed by atoms with Gasteiger partial charge in [-0.05, 0) is 30.3 Å². The number of aromatic nitrogens is 1. The number of ether oxygens (including phenoxy) is 1. The maximum Gasteiger partial charge on any atom is 0.264 e. The summed E-state index contributed by atoms with van der Waals surface area (Å²) in [4.78, 5) is 3.63. The zero-order valence-corrected chi connectivity index (χ0v) is 12.6. The number of methoxy groups -OCH3 is 1. The molecule has 0 unspecified atom stereocenters. The molecule has 1 aromatic carbocycles. The number of nitrogens with one attached hydrogen (secondary N) is 1. The highest BCUT2D eigenvalue weighted by Gasteiger charge is 2.18. The van der Waals surface area contributed by atoms with Gasteiger partial charge in [0.05, 0.1) is 17.8 Å². The van der Waals surface area contributed by atoms with Gasteiger partial charge in [-0.3, -0.25) is 4.72 Å². The second kappa shape index (κ2) is 5.87. The fraction of sp³-hybridized carbons (Fsp3) is 0.0833. The number of hydrogen-bond donors (Lipinski definition) is 1. The number of benzene rings is 1. The Morgan fingerprint density at radius 2 is 2.00 bits per heavy atom. The zero-order chi connectivity index (χ0) is 14.8. The van der Waals surface area contributed by atoms with Crippen LogP contribution >= 0.6 is 23.2 Å². The monoisotopic (exact) mass is 332 g/mol. The molecule has 20 heavy (non-hydrogen) atoms. The Balaban J connectivity index is 2.34. The van der Waals surface area contributed by atoms with Crippen molar-refractivity contribution in [3.05, 3.63) is 46.7 Å². The van der Waals surface area contributed by atoms with Crippen LogP contribution in [0.2, 0.25) is 10.2 Å². The predicted molar refractivity (Wildman–Crippen MR) is 78.1 cm³/mol. The topological polar surface area (TPSA) is 68.3 Å². The van der Waals surface area contributed by atoms with Crippen LogP contribution in [-0.2, 0) is 10.0 Å². The first-order valence-electron chi connectivity index (χ1n) is 5.41. The first kappa shape index (κ1) is 14.9. The molecule has 0 bridgehead atoms. The Bertz CT molecular complexity index is 735. The van der Waals surface area contributed by atoms with Crippen molar-refractivity contribution in [1.82, 2.24) is 4.98 Å². The average Bonchev–Trinajstić information content (AvgIpc) is 2.38. The Hall–Kier alpha value is -1.50. The van der Waals surface area contributed by atoms with Gasteiger partial charge in [-0.25, -0.2) is 13.4 Å². The van der Waals surface area contributed by atoms with Crippen molar-refractivity contribution < 1.29 is 13.2 Å². The summed E-state index contributed by atoms with van der Waals surface area (Å²) < 4.78 is 31.7. The smallest absolute Gasteiger partial charge is 0.264 e. The number of nitrogens with zero attached hydrogens (tertiary/aromatic N) is 1. The van der Waals surface area contributed by atoms with Gasteiger partial charge in [-0.1, -0.05) is 23.2 Å². The Kier molecular flexibility index (Phi) is 4.37. The highest BCUT2D eigenvalue weighted by atomic mass is 35.5. The lowest BCUT2D eigenvalue weighted by molar-refractivity contribution is 0.415. The molecule has 1 aromatic heterocycles. The van der Waals surface area contributed by atoms with Crippen LogP contribution in [0.4, 0.5) is 5.69 Å². The summed E-state index contributed by atoms with van der Waals surface area (Å²) in [5, 5.41) is 0.199. The number of rotatable bonds is 4. The van der Waals surface area contributed by atoms with Crippen molar-refractivity contribution in [2.24, 2.45) is 0 Å². The van der Waals surface area contributed by atoms with Crippen LogP contribution in [0.3, 0.4) is 0 Å². The van der Waals surface area contributed by atoms with Gasteiger partial charge in [0.25, 0.3) is 10.0 Å². The summed E-state index contributed by atoms with van der Waals surface area (Å²) in [6, 6.07) is 7.39. The minimum absolute atomic E-state index is 0.0976. The Labute approximate surface area is 126 Å². The molecule has 0 radical (unpaired) electrons. The van der Waals surface area contributed by atoms with E-state index in [4.69, 9.17) is 27.9 Å². The fourth-order valence-electron chi connectivity index (χ4n) is 1.51. The molecule has 0 spiro atoms. The van der Waals surface area contributed by atoms with Crippen molar-refractivity contribution in [3.8, 4) is 5.75 Å². The molecule has 0 saturated heterocycles. The van der Waals surface area contributed by atoms with Crippen molar-refractivity contribution in [2.75, 3.05) is 11.8 Å². The molecule has 0 aliphatic heterocycles. The third-order valence-electron chi connectivity index (χ3n) is 2.42. The van der Waals surface area contributed by atoms with Crippen LogP contribution in [0.25, 0.3) is 0 Å². The van der Waals surface area contributed by atoms with Crippen LogP contribution in [0.15, 0.2) is 41.4 Å². The van der Waals surface area contributed by atoms with Crippen LogP contribution in [0.5, 0.6) is 5.75 Å². The highest BCUT2D eigenvalue weighted by molar-refractivity contribution is 7.92. The van der Waals surface area contributed by atoms with E-state index in [2.05, 4.69) is 9.71 Å². The van der Waals surface area contributed by atoms with E-state index in [0.717, 1.165) is 0 Å². The highest BCUT2D eigenvalue weighted by Crippen LogP contribution is 2.29. The second-order valence-electron chi connectivity index (χ2n) is 3.75. The molecular formula is C12H10Cl2N2O3S. The van der Waals surface area contributed by atoms with E-state index in [9.17, 15) is 8.42 Å². The molecule has 0 amide bonds. The van der Waals surface area contributed by atoms with Gasteiger partial charge in [-0.15, -0.1) is 0 Å². The van der Waals surface area contributed by atoms with Crippen molar-refractivity contribution >= 4 is 38.9 Å². The van der Waals surface area contributed by atoms with Gasteiger partial charge in [0.15, 0.2) is 0 Å². The SMILES string of the molecule is COc1ccc(NS(=O)(=O)c2cccnc2Cl)cc1Cl. The largest absolute Gasteiger partial charge is 0.495 e. The molecule has 106 valence electrons. The number of anilines is 1. The minimum atomic E-state index is -3.82. The summed E-state index contributed by atoms with van der Waals surface area (Å²) in [5.41, 5.74) is 0.302. The number of pyridine rings is 1. The first-order valence-corrected chi connectivity index (χ1v) is 7.65. The summed E-state index contributed by atoms with van der Waals surface area (Å²) in [5.74, 6) is 0.453. The van der Waals surface area contributed by atoms with E-state index in [0.29, 0.717) is 16.5 Å². The maximum atomic E-state index is 12.2. The Morgan fingerprint density at radius 1 is 1.25 bits per heavy atom. The lowest BCUT2D eigenvalue weighted by Crippen LogP contribution is -2.13. The van der Waals surface area contributed by atoms with E-state index in [1.807, 2.05) is 0 Å².